The summed E-state index contributed by atoms with van der Waals surface area (Å²) in [6, 6.07) is 8.15. The van der Waals surface area contributed by atoms with Crippen LogP contribution >= 0.6 is 0 Å². The van der Waals surface area contributed by atoms with E-state index in [1.54, 1.807) is 7.11 Å². The first-order valence-corrected chi connectivity index (χ1v) is 8.41. The van der Waals surface area contributed by atoms with Gasteiger partial charge in [-0.1, -0.05) is 12.1 Å². The molecule has 128 valence electrons. The Kier molecular flexibility index (Phi) is 5.35. The Bertz CT molecular complexity index is 519. The van der Waals surface area contributed by atoms with Gasteiger partial charge in [-0.25, -0.2) is 0 Å². The first-order valence-electron chi connectivity index (χ1n) is 8.41. The quantitative estimate of drug-likeness (QED) is 0.877. The lowest BCUT2D eigenvalue weighted by atomic mass is 9.79. The number of aryl methyl sites for hydroxylation is 1. The molecule has 0 unspecified atom stereocenters. The van der Waals surface area contributed by atoms with E-state index >= 15 is 0 Å². The van der Waals surface area contributed by atoms with Crippen molar-refractivity contribution in [1.29, 1.82) is 0 Å². The van der Waals surface area contributed by atoms with E-state index in [9.17, 15) is 4.79 Å². The Balaban J connectivity index is 1.84. The summed E-state index contributed by atoms with van der Waals surface area (Å²) in [6.45, 7) is 8.80. The maximum absolute atomic E-state index is 12.3. The van der Waals surface area contributed by atoms with Crippen molar-refractivity contribution >= 4 is 5.91 Å². The highest BCUT2D eigenvalue weighted by atomic mass is 16.5. The molecule has 0 atom stereocenters. The van der Waals surface area contributed by atoms with Crippen LogP contribution < -0.4 is 15.4 Å². The van der Waals surface area contributed by atoms with Gasteiger partial charge in [-0.3, -0.25) is 4.79 Å². The number of methoxy groups -OCH3 is 1. The van der Waals surface area contributed by atoms with Gasteiger partial charge >= 0.3 is 0 Å². The molecule has 0 saturated carbocycles. The van der Waals surface area contributed by atoms with Crippen molar-refractivity contribution in [3.63, 3.8) is 0 Å². The van der Waals surface area contributed by atoms with E-state index in [0.29, 0.717) is 6.42 Å². The summed E-state index contributed by atoms with van der Waals surface area (Å²) in [5.74, 6) is 0.983. The van der Waals surface area contributed by atoms with E-state index in [1.807, 2.05) is 24.3 Å². The fourth-order valence-electron chi connectivity index (χ4n) is 3.77. The van der Waals surface area contributed by atoms with Gasteiger partial charge in [0.1, 0.15) is 5.75 Å². The number of hydrogen-bond acceptors (Lipinski definition) is 3. The molecule has 1 fully saturated rings. The first-order chi connectivity index (χ1) is 10.7. The Morgan fingerprint density at radius 1 is 1.17 bits per heavy atom. The topological polar surface area (TPSA) is 50.4 Å². The van der Waals surface area contributed by atoms with Crippen molar-refractivity contribution in [3.8, 4) is 5.75 Å². The van der Waals surface area contributed by atoms with Crippen LogP contribution in [0.2, 0.25) is 0 Å². The summed E-state index contributed by atoms with van der Waals surface area (Å²) < 4.78 is 5.15. The normalized spacial score (nSPS) is 20.0. The molecule has 0 radical (unpaired) electrons. The van der Waals surface area contributed by atoms with Crippen LogP contribution in [0.5, 0.6) is 5.75 Å². The van der Waals surface area contributed by atoms with Gasteiger partial charge in [0, 0.05) is 23.5 Å². The number of ether oxygens (including phenoxy) is 1. The molecule has 1 saturated heterocycles. The highest BCUT2D eigenvalue weighted by molar-refractivity contribution is 5.76. The molecular weight excluding hydrogens is 288 g/mol. The zero-order valence-corrected chi connectivity index (χ0v) is 15.0. The number of carbonyl (C=O) groups is 1. The van der Waals surface area contributed by atoms with Crippen molar-refractivity contribution in [2.75, 3.05) is 7.11 Å². The van der Waals surface area contributed by atoms with Crippen LogP contribution in [0.15, 0.2) is 24.3 Å². The summed E-state index contributed by atoms with van der Waals surface area (Å²) in [6.07, 6.45) is 3.21. The van der Waals surface area contributed by atoms with Crippen LogP contribution in [0.4, 0.5) is 0 Å². The van der Waals surface area contributed by atoms with Crippen molar-refractivity contribution < 1.29 is 9.53 Å². The number of rotatable bonds is 5. The van der Waals surface area contributed by atoms with Crippen LogP contribution in [-0.2, 0) is 11.2 Å². The lowest BCUT2D eigenvalue weighted by Gasteiger charge is -2.46. The fourth-order valence-corrected chi connectivity index (χ4v) is 3.77. The number of nitrogens with one attached hydrogen (secondary N) is 2. The predicted molar refractivity (Wildman–Crippen MR) is 93.8 cm³/mol. The van der Waals surface area contributed by atoms with Gasteiger partial charge in [-0.15, -0.1) is 0 Å². The SMILES string of the molecule is COc1ccc(CCC(=O)NC2CC(C)(C)NC(C)(C)C2)cc1. The summed E-state index contributed by atoms with van der Waals surface area (Å²) in [4.78, 5) is 12.3. The molecule has 1 aromatic rings. The zero-order chi connectivity index (χ0) is 17.1. The Labute approximate surface area is 140 Å². The van der Waals surface area contributed by atoms with E-state index in [2.05, 4.69) is 38.3 Å². The minimum Gasteiger partial charge on any atom is -0.497 e. The summed E-state index contributed by atoms with van der Waals surface area (Å²) in [5, 5.41) is 6.86. The molecular formula is C19H30N2O2. The Morgan fingerprint density at radius 2 is 1.74 bits per heavy atom. The fraction of sp³-hybridized carbons (Fsp3) is 0.632. The first kappa shape index (κ1) is 17.8. The number of amides is 1. The third-order valence-corrected chi connectivity index (χ3v) is 4.36. The summed E-state index contributed by atoms with van der Waals surface area (Å²) >= 11 is 0. The summed E-state index contributed by atoms with van der Waals surface area (Å²) in [7, 11) is 1.66. The number of benzene rings is 1. The Morgan fingerprint density at radius 3 is 2.26 bits per heavy atom. The minimum absolute atomic E-state index is 0.0513. The number of hydrogen-bond donors (Lipinski definition) is 2. The Hall–Kier alpha value is -1.55. The third kappa shape index (κ3) is 5.54. The van der Waals surface area contributed by atoms with Gasteiger partial charge in [0.2, 0.25) is 5.91 Å². The maximum Gasteiger partial charge on any atom is 0.220 e. The van der Waals surface area contributed by atoms with Crippen molar-refractivity contribution in [1.82, 2.24) is 10.6 Å². The highest BCUT2D eigenvalue weighted by Gasteiger charge is 2.37. The van der Waals surface area contributed by atoms with E-state index < -0.39 is 0 Å². The molecule has 2 rings (SSSR count). The van der Waals surface area contributed by atoms with Gasteiger partial charge in [0.05, 0.1) is 7.11 Å². The van der Waals surface area contributed by atoms with E-state index in [-0.39, 0.29) is 23.0 Å². The molecule has 1 aliphatic rings. The molecule has 2 N–H and O–H groups in total. The molecule has 1 aromatic carbocycles. The van der Waals surface area contributed by atoms with Gasteiger partial charge < -0.3 is 15.4 Å². The molecule has 0 bridgehead atoms. The second kappa shape index (κ2) is 6.91. The predicted octanol–water partition coefficient (Wildman–Crippen LogP) is 3.05. The standard InChI is InChI=1S/C19H30N2O2/c1-18(2)12-15(13-19(3,4)21-18)20-17(22)11-8-14-6-9-16(23-5)10-7-14/h6-7,9-10,15,21H,8,11-13H2,1-5H3,(H,20,22). The molecule has 4 heteroatoms. The van der Waals surface area contributed by atoms with Gasteiger partial charge in [0.25, 0.3) is 0 Å². The summed E-state index contributed by atoms with van der Waals surface area (Å²) in [5.41, 5.74) is 1.26. The van der Waals surface area contributed by atoms with Crippen molar-refractivity contribution in [2.24, 2.45) is 0 Å². The maximum atomic E-state index is 12.3. The molecule has 0 aliphatic carbocycles. The molecule has 23 heavy (non-hydrogen) atoms. The minimum atomic E-state index is 0.0513. The second-order valence-electron chi connectivity index (χ2n) is 7.91. The zero-order valence-electron chi connectivity index (χ0n) is 15.0. The average Bonchev–Trinajstić information content (AvgIpc) is 2.42. The van der Waals surface area contributed by atoms with E-state index in [1.165, 1.54) is 0 Å². The number of piperidine rings is 1. The molecule has 0 aromatic heterocycles. The second-order valence-corrected chi connectivity index (χ2v) is 7.91. The van der Waals surface area contributed by atoms with Crippen LogP contribution in [-0.4, -0.2) is 30.1 Å². The van der Waals surface area contributed by atoms with Crippen LogP contribution in [0.1, 0.15) is 52.5 Å². The van der Waals surface area contributed by atoms with E-state index in [0.717, 1.165) is 30.6 Å². The molecule has 0 spiro atoms. The van der Waals surface area contributed by atoms with E-state index in [4.69, 9.17) is 4.74 Å². The lowest BCUT2D eigenvalue weighted by Crippen LogP contribution is -2.62. The highest BCUT2D eigenvalue weighted by Crippen LogP contribution is 2.28. The van der Waals surface area contributed by atoms with Crippen molar-refractivity contribution in [2.45, 2.75) is 70.5 Å². The molecule has 1 heterocycles. The van der Waals surface area contributed by atoms with Gasteiger partial charge in [-0.2, -0.15) is 0 Å². The van der Waals surface area contributed by atoms with Gasteiger partial charge in [0.15, 0.2) is 0 Å². The van der Waals surface area contributed by atoms with Crippen LogP contribution in [0.25, 0.3) is 0 Å². The smallest absolute Gasteiger partial charge is 0.220 e. The van der Waals surface area contributed by atoms with Crippen LogP contribution in [0.3, 0.4) is 0 Å². The molecule has 1 aliphatic heterocycles. The largest absolute Gasteiger partial charge is 0.497 e. The third-order valence-electron chi connectivity index (χ3n) is 4.36. The van der Waals surface area contributed by atoms with Crippen molar-refractivity contribution in [3.05, 3.63) is 29.8 Å². The van der Waals surface area contributed by atoms with Crippen LogP contribution in [0, 0.1) is 0 Å². The molecule has 1 amide bonds. The molecule has 4 nitrogen and oxygen atoms in total. The lowest BCUT2D eigenvalue weighted by molar-refractivity contribution is -0.122. The number of carbonyl (C=O) groups excluding carboxylic acids is 1. The average molecular weight is 318 g/mol. The van der Waals surface area contributed by atoms with Gasteiger partial charge in [-0.05, 0) is 64.7 Å². The monoisotopic (exact) mass is 318 g/mol.